The van der Waals surface area contributed by atoms with Crippen molar-refractivity contribution in [1.29, 1.82) is 0 Å². The van der Waals surface area contributed by atoms with Crippen LogP contribution in [-0.2, 0) is 18.4 Å². The first-order valence-electron chi connectivity index (χ1n) is 40.0. The quantitative estimate of drug-likeness (QED) is 0.0243. The van der Waals surface area contributed by atoms with Gasteiger partial charge in [-0.1, -0.05) is 390 Å². The van der Waals surface area contributed by atoms with E-state index in [1.54, 1.807) is 6.08 Å². The Labute approximate surface area is 562 Å². The molecule has 90 heavy (non-hydrogen) atoms. The molecule has 0 radical (unpaired) electrons. The molecule has 9 heteroatoms. The van der Waals surface area contributed by atoms with Crippen LogP contribution in [0.4, 0.5) is 0 Å². The number of aliphatic hydroxyl groups excluding tert-OH is 1. The van der Waals surface area contributed by atoms with Crippen molar-refractivity contribution < 1.29 is 32.9 Å². The predicted octanol–water partition coefficient (Wildman–Crippen LogP) is 26.1. The van der Waals surface area contributed by atoms with E-state index in [1.165, 1.54) is 347 Å². The van der Waals surface area contributed by atoms with E-state index in [1.807, 2.05) is 27.2 Å². The summed E-state index contributed by atoms with van der Waals surface area (Å²) in [7, 11) is 1.57. The van der Waals surface area contributed by atoms with Crippen molar-refractivity contribution >= 4 is 13.7 Å². The molecule has 0 aromatic heterocycles. The summed E-state index contributed by atoms with van der Waals surface area (Å²) in [4.78, 5) is 23.5. The number of nitrogens with zero attached hydrogens (tertiary/aromatic N) is 1. The molecule has 3 atom stereocenters. The van der Waals surface area contributed by atoms with Crippen molar-refractivity contribution in [1.82, 2.24) is 5.32 Å². The van der Waals surface area contributed by atoms with Crippen molar-refractivity contribution in [3.8, 4) is 0 Å². The van der Waals surface area contributed by atoms with Gasteiger partial charge in [0.1, 0.15) is 13.2 Å². The van der Waals surface area contributed by atoms with Gasteiger partial charge in [0, 0.05) is 6.42 Å². The summed E-state index contributed by atoms with van der Waals surface area (Å²) in [6.07, 6.45) is 98.9. The molecular formula is C81H158N2O6P+. The largest absolute Gasteiger partial charge is 0.472 e. The predicted molar refractivity (Wildman–Crippen MR) is 397 cm³/mol. The number of quaternary nitrogens is 1. The molecule has 3 unspecified atom stereocenters. The zero-order valence-electron chi connectivity index (χ0n) is 61.2. The number of allylic oxidation sites excluding steroid dienone is 7. The molecule has 0 aliphatic heterocycles. The fraction of sp³-hybridized carbons (Fsp3) is 0.889. The average Bonchev–Trinajstić information content (AvgIpc) is 3.09. The number of phosphoric acid groups is 1. The van der Waals surface area contributed by atoms with Gasteiger partial charge in [0.2, 0.25) is 5.91 Å². The molecule has 0 aromatic rings. The summed E-state index contributed by atoms with van der Waals surface area (Å²) in [6.45, 7) is 4.85. The van der Waals surface area contributed by atoms with E-state index in [0.717, 1.165) is 44.9 Å². The van der Waals surface area contributed by atoms with Crippen LogP contribution in [0.1, 0.15) is 412 Å². The van der Waals surface area contributed by atoms with Crippen LogP contribution < -0.4 is 5.32 Å². The zero-order valence-corrected chi connectivity index (χ0v) is 62.1. The Morgan fingerprint density at radius 3 is 0.956 bits per heavy atom. The number of rotatable bonds is 75. The molecular weight excluding hydrogens is 1130 g/mol. The van der Waals surface area contributed by atoms with E-state index >= 15 is 0 Å². The van der Waals surface area contributed by atoms with E-state index in [2.05, 4.69) is 55.6 Å². The first kappa shape index (κ1) is 88.5. The maximum absolute atomic E-state index is 13.1. The van der Waals surface area contributed by atoms with E-state index in [0.29, 0.717) is 17.4 Å². The molecule has 0 aliphatic carbocycles. The highest BCUT2D eigenvalue weighted by Gasteiger charge is 2.28. The summed E-state index contributed by atoms with van der Waals surface area (Å²) < 4.78 is 23.9. The number of carbonyl (C=O) groups excluding carboxylic acids is 1. The van der Waals surface area contributed by atoms with E-state index in [9.17, 15) is 19.4 Å². The highest BCUT2D eigenvalue weighted by Crippen LogP contribution is 2.43. The van der Waals surface area contributed by atoms with E-state index in [4.69, 9.17) is 9.05 Å². The Morgan fingerprint density at radius 1 is 0.378 bits per heavy atom. The molecule has 0 saturated carbocycles. The zero-order chi connectivity index (χ0) is 65.5. The van der Waals surface area contributed by atoms with Gasteiger partial charge in [0.15, 0.2) is 0 Å². The second-order valence-electron chi connectivity index (χ2n) is 28.8. The van der Waals surface area contributed by atoms with Crippen LogP contribution in [0.15, 0.2) is 48.6 Å². The lowest BCUT2D eigenvalue weighted by Gasteiger charge is -2.25. The fourth-order valence-corrected chi connectivity index (χ4v) is 13.1. The number of aliphatic hydroxyl groups is 1. The molecule has 0 bridgehead atoms. The van der Waals surface area contributed by atoms with Crippen LogP contribution in [0.3, 0.4) is 0 Å². The van der Waals surface area contributed by atoms with Crippen LogP contribution in [-0.4, -0.2) is 73.4 Å². The van der Waals surface area contributed by atoms with Gasteiger partial charge in [-0.05, 0) is 64.2 Å². The van der Waals surface area contributed by atoms with Gasteiger partial charge in [0.25, 0.3) is 0 Å². The third-order valence-corrected chi connectivity index (χ3v) is 19.5. The van der Waals surface area contributed by atoms with Crippen LogP contribution in [0.5, 0.6) is 0 Å². The van der Waals surface area contributed by atoms with Gasteiger partial charge in [-0.15, -0.1) is 0 Å². The van der Waals surface area contributed by atoms with Crippen LogP contribution in [0.2, 0.25) is 0 Å². The second kappa shape index (κ2) is 71.7. The minimum atomic E-state index is -4.36. The van der Waals surface area contributed by atoms with E-state index in [-0.39, 0.29) is 19.1 Å². The van der Waals surface area contributed by atoms with Gasteiger partial charge >= 0.3 is 7.82 Å². The Morgan fingerprint density at radius 2 is 0.644 bits per heavy atom. The first-order chi connectivity index (χ1) is 44.0. The Balaban J connectivity index is 3.93. The number of unbranched alkanes of at least 4 members (excludes halogenated alkanes) is 56. The number of hydrogen-bond donors (Lipinski definition) is 3. The van der Waals surface area contributed by atoms with Gasteiger partial charge < -0.3 is 19.8 Å². The molecule has 0 aliphatic rings. The van der Waals surface area contributed by atoms with Gasteiger partial charge in [0.05, 0.1) is 39.9 Å². The molecule has 8 nitrogen and oxygen atoms in total. The normalized spacial score (nSPS) is 13.7. The number of nitrogens with one attached hydrogen (secondary N) is 1. The smallest absolute Gasteiger partial charge is 0.387 e. The number of likely N-dealkylation sites (N-methyl/N-ethyl adjacent to an activating group) is 1. The van der Waals surface area contributed by atoms with Crippen molar-refractivity contribution in [3.05, 3.63) is 48.6 Å². The molecule has 3 N–H and O–H groups in total. The molecule has 0 saturated heterocycles. The molecule has 1 amide bonds. The molecule has 0 fully saturated rings. The topological polar surface area (TPSA) is 105 Å². The number of carbonyl (C=O) groups is 1. The number of phosphoric ester groups is 1. The molecule has 0 aromatic carbocycles. The molecule has 0 spiro atoms. The summed E-state index contributed by atoms with van der Waals surface area (Å²) >= 11 is 0. The molecule has 0 heterocycles. The highest BCUT2D eigenvalue weighted by molar-refractivity contribution is 7.47. The third-order valence-electron chi connectivity index (χ3n) is 18.5. The Kier molecular flexibility index (Phi) is 70.5. The van der Waals surface area contributed by atoms with Crippen molar-refractivity contribution in [2.45, 2.75) is 424 Å². The monoisotopic (exact) mass is 1290 g/mol. The van der Waals surface area contributed by atoms with E-state index < -0.39 is 20.0 Å². The van der Waals surface area contributed by atoms with Gasteiger partial charge in [-0.3, -0.25) is 13.8 Å². The third kappa shape index (κ3) is 73.9. The van der Waals surface area contributed by atoms with Crippen LogP contribution >= 0.6 is 7.82 Å². The SMILES string of the molecule is CCCCCCC/C=C\C/C=C\CCCCCCCCCCCCCCCCCCCCCCCCCCCCCCCC(=O)NC(COP(=O)(O)OCC[N+](C)(C)C)C(O)/C=C/CC/C=C/CCCCCCCCCCCCCCCCCCCCCCC. The minimum Gasteiger partial charge on any atom is -0.387 e. The number of hydrogen-bond acceptors (Lipinski definition) is 5. The summed E-state index contributed by atoms with van der Waals surface area (Å²) in [5.74, 6) is -0.178. The lowest BCUT2D eigenvalue weighted by molar-refractivity contribution is -0.870. The van der Waals surface area contributed by atoms with Crippen molar-refractivity contribution in [2.24, 2.45) is 0 Å². The second-order valence-corrected chi connectivity index (χ2v) is 30.2. The van der Waals surface area contributed by atoms with Crippen LogP contribution in [0, 0.1) is 0 Å². The fourth-order valence-electron chi connectivity index (χ4n) is 12.3. The lowest BCUT2D eigenvalue weighted by Crippen LogP contribution is -2.45. The maximum Gasteiger partial charge on any atom is 0.472 e. The van der Waals surface area contributed by atoms with Gasteiger partial charge in [-0.2, -0.15) is 0 Å². The van der Waals surface area contributed by atoms with Gasteiger partial charge in [-0.25, -0.2) is 4.57 Å². The minimum absolute atomic E-state index is 0.0581. The van der Waals surface area contributed by atoms with Crippen molar-refractivity contribution in [3.63, 3.8) is 0 Å². The summed E-state index contributed by atoms with van der Waals surface area (Å²) in [5.41, 5.74) is 0. The lowest BCUT2D eigenvalue weighted by atomic mass is 10.0. The molecule has 532 valence electrons. The Bertz CT molecular complexity index is 1610. The van der Waals surface area contributed by atoms with Crippen molar-refractivity contribution in [2.75, 3.05) is 40.9 Å². The number of amides is 1. The Hall–Kier alpha value is -1.54. The average molecular weight is 1290 g/mol. The molecule has 0 rings (SSSR count). The highest BCUT2D eigenvalue weighted by atomic mass is 31.2. The maximum atomic E-state index is 13.1. The van der Waals surface area contributed by atoms with Crippen LogP contribution in [0.25, 0.3) is 0 Å². The standard InChI is InChI=1S/C81H157N2O6P/c1-6-8-10-12-14-16-18-20-22-24-26-28-30-32-34-35-36-37-38-39-40-41-42-43-44-45-46-47-49-51-53-55-57-59-61-63-65-67-69-71-73-75-81(85)82-79(78-89-90(86,87)88-77-76-83(3,4)5)80(84)74-72-70-68-66-64-62-60-58-56-54-52-50-48-33-31-29-27-25-23-21-19-17-15-13-11-9-7-2/h18,20,24,26,64,66,72,74,79-80,84H,6-17,19,21-23,25,27-63,65,67-71,73,75-78H2,1-5H3,(H-,82,85,86,87)/p+1/b20-18-,26-24-,66-64+,74-72+. The first-order valence-corrected chi connectivity index (χ1v) is 41.5. The summed E-state index contributed by atoms with van der Waals surface area (Å²) in [5, 5.41) is 14.0. The summed E-state index contributed by atoms with van der Waals surface area (Å²) in [6, 6.07) is -0.864.